The van der Waals surface area contributed by atoms with Crippen LogP contribution in [0.2, 0.25) is 0 Å². The monoisotopic (exact) mass is 288 g/mol. The molecule has 5 heteroatoms. The quantitative estimate of drug-likeness (QED) is 0.780. The molecule has 0 saturated heterocycles. The van der Waals surface area contributed by atoms with Crippen LogP contribution >= 0.6 is 0 Å². The molecule has 0 fully saturated rings. The Morgan fingerprint density at radius 3 is 2.71 bits per heavy atom. The lowest BCUT2D eigenvalue weighted by Crippen LogP contribution is -2.25. The number of methoxy groups -OCH3 is 1. The number of aromatic nitrogens is 2. The molecule has 0 aliphatic carbocycles. The molecular weight excluding hydrogens is 264 g/mol. The second-order valence-electron chi connectivity index (χ2n) is 5.03. The number of ether oxygens (including phenoxy) is 1. The van der Waals surface area contributed by atoms with Crippen LogP contribution in [0.3, 0.4) is 0 Å². The summed E-state index contributed by atoms with van der Waals surface area (Å²) in [6.45, 7) is 5.68. The second-order valence-corrected chi connectivity index (χ2v) is 5.03. The van der Waals surface area contributed by atoms with Crippen molar-refractivity contribution in [3.05, 3.63) is 24.3 Å². The van der Waals surface area contributed by atoms with Gasteiger partial charge < -0.3 is 15.4 Å². The van der Waals surface area contributed by atoms with Crippen molar-refractivity contribution >= 4 is 22.7 Å². The van der Waals surface area contributed by atoms with Crippen LogP contribution in [0.1, 0.15) is 26.7 Å². The second kappa shape index (κ2) is 7.78. The minimum absolute atomic E-state index is 0.257. The van der Waals surface area contributed by atoms with Crippen molar-refractivity contribution < 1.29 is 4.74 Å². The van der Waals surface area contributed by atoms with Gasteiger partial charge in [0, 0.05) is 19.0 Å². The molecule has 2 rings (SSSR count). The molecule has 0 aliphatic rings. The third kappa shape index (κ3) is 4.04. The van der Waals surface area contributed by atoms with Gasteiger partial charge in [-0.2, -0.15) is 4.98 Å². The summed E-state index contributed by atoms with van der Waals surface area (Å²) in [6.07, 6.45) is 2.15. The first-order valence-corrected chi connectivity index (χ1v) is 7.54. The van der Waals surface area contributed by atoms with Crippen molar-refractivity contribution in [1.82, 2.24) is 9.97 Å². The minimum atomic E-state index is 0.257. The first-order chi connectivity index (χ1) is 10.3. The maximum absolute atomic E-state index is 5.30. The number of para-hydroxylation sites is 1. The van der Waals surface area contributed by atoms with Gasteiger partial charge in [-0.3, -0.25) is 0 Å². The Bertz CT molecular complexity index is 567. The molecule has 0 bridgehead atoms. The molecule has 114 valence electrons. The Balaban J connectivity index is 2.35. The average molecular weight is 288 g/mol. The molecule has 2 N–H and O–H groups in total. The van der Waals surface area contributed by atoms with Crippen LogP contribution in [-0.4, -0.2) is 36.3 Å². The molecule has 5 nitrogen and oxygen atoms in total. The SMILES string of the molecule is CCCC(COC)Nc1nc(NCC)nc2ccccc12. The Labute approximate surface area is 126 Å². The topological polar surface area (TPSA) is 59.1 Å². The van der Waals surface area contributed by atoms with Crippen molar-refractivity contribution in [2.24, 2.45) is 0 Å². The summed E-state index contributed by atoms with van der Waals surface area (Å²) in [5, 5.41) is 7.73. The highest BCUT2D eigenvalue weighted by Crippen LogP contribution is 2.23. The molecule has 1 aromatic carbocycles. The van der Waals surface area contributed by atoms with Gasteiger partial charge in [-0.1, -0.05) is 25.5 Å². The van der Waals surface area contributed by atoms with Crippen LogP contribution in [0.15, 0.2) is 24.3 Å². The van der Waals surface area contributed by atoms with Crippen LogP contribution in [0, 0.1) is 0 Å². The van der Waals surface area contributed by atoms with E-state index in [1.54, 1.807) is 7.11 Å². The smallest absolute Gasteiger partial charge is 0.225 e. The third-order valence-electron chi connectivity index (χ3n) is 3.28. The van der Waals surface area contributed by atoms with E-state index in [2.05, 4.69) is 27.5 Å². The van der Waals surface area contributed by atoms with Crippen LogP contribution in [0.4, 0.5) is 11.8 Å². The fourth-order valence-corrected chi connectivity index (χ4v) is 2.36. The summed E-state index contributed by atoms with van der Waals surface area (Å²) in [6, 6.07) is 8.31. The lowest BCUT2D eigenvalue weighted by Gasteiger charge is -2.19. The van der Waals surface area contributed by atoms with E-state index in [9.17, 15) is 0 Å². The molecule has 1 unspecified atom stereocenters. The average Bonchev–Trinajstić information content (AvgIpc) is 2.48. The molecule has 0 saturated carbocycles. The van der Waals surface area contributed by atoms with E-state index in [0.717, 1.165) is 36.1 Å². The summed E-state index contributed by atoms with van der Waals surface area (Å²) < 4.78 is 5.30. The number of benzene rings is 1. The van der Waals surface area contributed by atoms with Crippen LogP contribution in [0.25, 0.3) is 10.9 Å². The normalized spacial score (nSPS) is 12.3. The molecule has 1 heterocycles. The van der Waals surface area contributed by atoms with Gasteiger partial charge in [0.05, 0.1) is 18.2 Å². The highest BCUT2D eigenvalue weighted by atomic mass is 16.5. The Morgan fingerprint density at radius 2 is 2.00 bits per heavy atom. The number of nitrogens with one attached hydrogen (secondary N) is 2. The number of hydrogen-bond donors (Lipinski definition) is 2. The summed E-state index contributed by atoms with van der Waals surface area (Å²) in [5.74, 6) is 1.53. The van der Waals surface area contributed by atoms with Crippen molar-refractivity contribution in [2.45, 2.75) is 32.7 Å². The fraction of sp³-hybridized carbons (Fsp3) is 0.500. The summed E-state index contributed by atoms with van der Waals surface area (Å²) in [7, 11) is 1.73. The van der Waals surface area contributed by atoms with Crippen LogP contribution < -0.4 is 10.6 Å². The number of nitrogens with zero attached hydrogens (tertiary/aromatic N) is 2. The Morgan fingerprint density at radius 1 is 1.19 bits per heavy atom. The third-order valence-corrected chi connectivity index (χ3v) is 3.28. The van der Waals surface area contributed by atoms with Gasteiger partial charge in [-0.05, 0) is 25.5 Å². The fourth-order valence-electron chi connectivity index (χ4n) is 2.36. The van der Waals surface area contributed by atoms with Crippen LogP contribution in [-0.2, 0) is 4.74 Å². The molecule has 0 aliphatic heterocycles. The summed E-state index contributed by atoms with van der Waals surface area (Å²) in [4.78, 5) is 9.14. The first-order valence-electron chi connectivity index (χ1n) is 7.54. The van der Waals surface area contributed by atoms with E-state index in [4.69, 9.17) is 4.74 Å². The van der Waals surface area contributed by atoms with Crippen molar-refractivity contribution in [2.75, 3.05) is 30.9 Å². The van der Waals surface area contributed by atoms with E-state index in [1.165, 1.54) is 0 Å². The lowest BCUT2D eigenvalue weighted by molar-refractivity contribution is 0.182. The summed E-state index contributed by atoms with van der Waals surface area (Å²) >= 11 is 0. The Kier molecular flexibility index (Phi) is 5.75. The number of hydrogen-bond acceptors (Lipinski definition) is 5. The van der Waals surface area contributed by atoms with Crippen LogP contribution in [0.5, 0.6) is 0 Å². The van der Waals surface area contributed by atoms with Gasteiger partial charge in [0.1, 0.15) is 5.82 Å². The zero-order chi connectivity index (χ0) is 15.1. The van der Waals surface area contributed by atoms with E-state index in [1.807, 2.05) is 31.2 Å². The molecule has 0 amide bonds. The highest BCUT2D eigenvalue weighted by molar-refractivity contribution is 5.90. The van der Waals surface area contributed by atoms with Gasteiger partial charge in [-0.25, -0.2) is 4.98 Å². The highest BCUT2D eigenvalue weighted by Gasteiger charge is 2.12. The first kappa shape index (κ1) is 15.5. The van der Waals surface area contributed by atoms with E-state index in [0.29, 0.717) is 12.6 Å². The predicted molar refractivity (Wildman–Crippen MR) is 87.9 cm³/mol. The molecule has 1 atom stereocenters. The summed E-state index contributed by atoms with van der Waals surface area (Å²) in [5.41, 5.74) is 0.943. The minimum Gasteiger partial charge on any atom is -0.383 e. The van der Waals surface area contributed by atoms with Crippen molar-refractivity contribution in [1.29, 1.82) is 0 Å². The molecule has 1 aromatic heterocycles. The van der Waals surface area contributed by atoms with E-state index >= 15 is 0 Å². The molecule has 0 spiro atoms. The number of fused-ring (bicyclic) bond motifs is 1. The van der Waals surface area contributed by atoms with Crippen molar-refractivity contribution in [3.63, 3.8) is 0 Å². The maximum atomic E-state index is 5.30. The van der Waals surface area contributed by atoms with Crippen molar-refractivity contribution in [3.8, 4) is 0 Å². The maximum Gasteiger partial charge on any atom is 0.225 e. The van der Waals surface area contributed by atoms with E-state index < -0.39 is 0 Å². The van der Waals surface area contributed by atoms with E-state index in [-0.39, 0.29) is 6.04 Å². The largest absolute Gasteiger partial charge is 0.383 e. The predicted octanol–water partition coefficient (Wildman–Crippen LogP) is 3.29. The molecular formula is C16H24N4O. The number of rotatable bonds is 8. The molecule has 2 aromatic rings. The Hall–Kier alpha value is -1.88. The standard InChI is InChI=1S/C16H24N4O/c1-4-8-12(11-21-3)18-15-13-9-6-7-10-14(13)19-16(20-15)17-5-2/h6-7,9-10,12H,4-5,8,11H2,1-3H3,(H2,17,18,19,20). The lowest BCUT2D eigenvalue weighted by atomic mass is 10.1. The van der Waals surface area contributed by atoms with Gasteiger partial charge in [0.15, 0.2) is 0 Å². The van der Waals surface area contributed by atoms with Gasteiger partial charge in [-0.15, -0.1) is 0 Å². The zero-order valence-corrected chi connectivity index (χ0v) is 13.0. The zero-order valence-electron chi connectivity index (χ0n) is 13.0. The van der Waals surface area contributed by atoms with Gasteiger partial charge in [0.25, 0.3) is 0 Å². The molecule has 0 radical (unpaired) electrons. The van der Waals surface area contributed by atoms with Gasteiger partial charge >= 0.3 is 0 Å². The van der Waals surface area contributed by atoms with Gasteiger partial charge in [0.2, 0.25) is 5.95 Å². The number of anilines is 2. The molecule has 21 heavy (non-hydrogen) atoms.